The number of carboxylic acid groups (broad SMARTS) is 1. The van der Waals surface area contributed by atoms with E-state index < -0.39 is 5.97 Å². The van der Waals surface area contributed by atoms with Crippen LogP contribution < -0.4 is 0 Å². The number of aromatic carboxylic acids is 1. The van der Waals surface area contributed by atoms with Crippen molar-refractivity contribution in [2.45, 2.75) is 34.6 Å². The minimum absolute atomic E-state index is 0. The van der Waals surface area contributed by atoms with Gasteiger partial charge in [-0.15, -0.1) is 5.10 Å². The van der Waals surface area contributed by atoms with E-state index in [1.807, 2.05) is 37.5 Å². The van der Waals surface area contributed by atoms with Crippen LogP contribution in [-0.2, 0) is 42.3 Å². The number of carboxylic acids is 1. The molecule has 0 aliphatic carbocycles. The number of hydrogen-bond acceptors (Lipinski definition) is 7. The third kappa shape index (κ3) is 8.90. The van der Waals surface area contributed by atoms with Gasteiger partial charge in [0, 0.05) is 42.1 Å². The zero-order valence-electron chi connectivity index (χ0n) is 18.3. The average Bonchev–Trinajstić information content (AvgIpc) is 2.74. The first-order chi connectivity index (χ1) is 14.3. The number of amidine groups is 2. The molecular formula is C20H28CuN6O2S2. The fourth-order valence-electron chi connectivity index (χ4n) is 2.48. The van der Waals surface area contributed by atoms with Crippen molar-refractivity contribution in [2.24, 2.45) is 20.4 Å². The van der Waals surface area contributed by atoms with E-state index in [1.165, 1.54) is 12.1 Å². The number of carbonyl (C=O) groups is 1. The van der Waals surface area contributed by atoms with E-state index in [2.05, 4.69) is 20.4 Å². The van der Waals surface area contributed by atoms with Gasteiger partial charge < -0.3 is 40.2 Å². The van der Waals surface area contributed by atoms with E-state index in [-0.39, 0.29) is 22.6 Å². The number of nitrogens with zero attached hydrogens (tertiary/aromatic N) is 6. The Hall–Kier alpha value is -2.07. The molecule has 0 bridgehead atoms. The van der Waals surface area contributed by atoms with Crippen molar-refractivity contribution in [3.63, 3.8) is 0 Å². The van der Waals surface area contributed by atoms with Gasteiger partial charge in [0.15, 0.2) is 0 Å². The van der Waals surface area contributed by atoms with E-state index in [9.17, 15) is 4.79 Å². The van der Waals surface area contributed by atoms with Crippen LogP contribution in [0.3, 0.4) is 0 Å². The molecule has 0 aliphatic rings. The summed E-state index contributed by atoms with van der Waals surface area (Å²) in [7, 11) is 0. The Morgan fingerprint density at radius 1 is 0.806 bits per heavy atom. The maximum absolute atomic E-state index is 11.1. The van der Waals surface area contributed by atoms with Gasteiger partial charge in [0.25, 0.3) is 0 Å². The van der Waals surface area contributed by atoms with Gasteiger partial charge in [-0.3, -0.25) is 0 Å². The number of rotatable bonds is 9. The second-order valence-electron chi connectivity index (χ2n) is 6.13. The van der Waals surface area contributed by atoms with Crippen LogP contribution in [-0.4, -0.2) is 68.8 Å². The molecule has 0 aliphatic heterocycles. The smallest absolute Gasteiger partial charge is 0.741 e. The molecule has 1 aromatic carbocycles. The Labute approximate surface area is 205 Å². The van der Waals surface area contributed by atoms with Gasteiger partial charge in [-0.2, -0.15) is 15.3 Å². The summed E-state index contributed by atoms with van der Waals surface area (Å²) in [5, 5.41) is 26.7. The van der Waals surface area contributed by atoms with Crippen molar-refractivity contribution in [1.82, 2.24) is 9.80 Å². The van der Waals surface area contributed by atoms with Crippen LogP contribution in [0.2, 0.25) is 0 Å². The molecule has 0 atom stereocenters. The molecule has 1 radical (unpaired) electrons. The molecule has 0 unspecified atom stereocenters. The summed E-state index contributed by atoms with van der Waals surface area (Å²) in [6, 6.07) is 6.31. The quantitative estimate of drug-likeness (QED) is 0.180. The molecule has 8 nitrogen and oxygen atoms in total. The van der Waals surface area contributed by atoms with E-state index in [4.69, 9.17) is 30.4 Å². The number of benzene rings is 1. The molecular weight excluding hydrogens is 484 g/mol. The molecule has 0 heterocycles. The Morgan fingerprint density at radius 3 is 1.58 bits per heavy atom. The Morgan fingerprint density at radius 2 is 1.19 bits per heavy atom. The molecule has 0 fully saturated rings. The Bertz CT molecular complexity index is 833. The largest absolute Gasteiger partial charge is 2.00 e. The number of hydrogen-bond donors (Lipinski definition) is 1. The molecule has 173 valence electrons. The average molecular weight is 512 g/mol. The summed E-state index contributed by atoms with van der Waals surface area (Å²) in [5.74, 6) is -1.00. The minimum atomic E-state index is -1.00. The van der Waals surface area contributed by atoms with E-state index in [0.717, 1.165) is 26.2 Å². The van der Waals surface area contributed by atoms with Gasteiger partial charge >= 0.3 is 23.0 Å². The predicted octanol–water partition coefficient (Wildman–Crippen LogP) is 2.95. The first-order valence-corrected chi connectivity index (χ1v) is 10.6. The van der Waals surface area contributed by atoms with Crippen molar-refractivity contribution in [3.05, 3.63) is 35.4 Å². The summed E-state index contributed by atoms with van der Waals surface area (Å²) >= 11 is 10.6. The van der Waals surface area contributed by atoms with Crippen LogP contribution >= 0.6 is 0 Å². The maximum atomic E-state index is 11.1. The molecule has 0 saturated carbocycles. The van der Waals surface area contributed by atoms with Crippen LogP contribution in [0.1, 0.15) is 50.5 Å². The first-order valence-electron chi connectivity index (χ1n) is 9.74. The summed E-state index contributed by atoms with van der Waals surface area (Å²) in [5.41, 5.74) is 1.75. The molecule has 31 heavy (non-hydrogen) atoms. The molecule has 0 spiro atoms. The van der Waals surface area contributed by atoms with E-state index in [1.54, 1.807) is 19.1 Å². The Kier molecular flexibility index (Phi) is 13.9. The van der Waals surface area contributed by atoms with Gasteiger partial charge in [0.1, 0.15) is 5.71 Å². The molecule has 0 aromatic heterocycles. The molecule has 1 N–H and O–H groups in total. The van der Waals surface area contributed by atoms with Gasteiger partial charge in [0.2, 0.25) is 0 Å². The fourth-order valence-corrected chi connectivity index (χ4v) is 3.08. The summed E-state index contributed by atoms with van der Waals surface area (Å²) < 4.78 is 0. The van der Waals surface area contributed by atoms with Crippen LogP contribution in [0.15, 0.2) is 44.7 Å². The second-order valence-corrected chi connectivity index (χ2v) is 6.86. The van der Waals surface area contributed by atoms with Crippen LogP contribution in [0.5, 0.6) is 0 Å². The standard InChI is InChI=1S/C20H30N6O2S2.Cu/c1-6-25(7-2)19(29)23-21-14(5)17(22-24-20(30)26(8-3)9-4)15-10-12-16(13-11-15)18(27)28;/h10-13H,6-9H2,1-5H3,(H,23,29)(H,24,30)(H,27,28);/q;+2/p-2. The van der Waals surface area contributed by atoms with Crippen LogP contribution in [0, 0.1) is 0 Å². The van der Waals surface area contributed by atoms with Gasteiger partial charge in [0.05, 0.1) is 11.3 Å². The third-order valence-corrected chi connectivity index (χ3v) is 5.02. The van der Waals surface area contributed by atoms with Crippen LogP contribution in [0.4, 0.5) is 0 Å². The van der Waals surface area contributed by atoms with Crippen LogP contribution in [0.25, 0.3) is 0 Å². The van der Waals surface area contributed by atoms with Crippen molar-refractivity contribution in [1.29, 1.82) is 0 Å². The van der Waals surface area contributed by atoms with Crippen molar-refractivity contribution in [3.8, 4) is 0 Å². The fraction of sp³-hybridized carbons (Fsp3) is 0.450. The van der Waals surface area contributed by atoms with E-state index >= 15 is 0 Å². The molecule has 0 amide bonds. The molecule has 1 aromatic rings. The van der Waals surface area contributed by atoms with Gasteiger partial charge in [-0.1, -0.05) is 12.1 Å². The maximum Gasteiger partial charge on any atom is 2.00 e. The monoisotopic (exact) mass is 511 g/mol. The molecule has 0 saturated heterocycles. The predicted molar refractivity (Wildman–Crippen MR) is 128 cm³/mol. The summed E-state index contributed by atoms with van der Waals surface area (Å²) in [6.45, 7) is 12.6. The summed E-state index contributed by atoms with van der Waals surface area (Å²) in [6.07, 6.45) is 0. The zero-order chi connectivity index (χ0) is 22.7. The van der Waals surface area contributed by atoms with Gasteiger partial charge in [-0.25, -0.2) is 4.79 Å². The third-order valence-electron chi connectivity index (χ3n) is 4.34. The minimum Gasteiger partial charge on any atom is -0.741 e. The molecule has 11 heteroatoms. The van der Waals surface area contributed by atoms with Crippen molar-refractivity contribution < 1.29 is 27.0 Å². The molecule has 1 rings (SSSR count). The summed E-state index contributed by atoms with van der Waals surface area (Å²) in [4.78, 5) is 14.9. The Balaban J connectivity index is 0.00000900. The van der Waals surface area contributed by atoms with Crippen molar-refractivity contribution in [2.75, 3.05) is 26.2 Å². The first kappa shape index (κ1) is 28.9. The normalized spacial score (nSPS) is 12.9. The van der Waals surface area contributed by atoms with Gasteiger partial charge in [-0.05, 0) is 46.8 Å². The second kappa shape index (κ2) is 14.9. The van der Waals surface area contributed by atoms with E-state index in [0.29, 0.717) is 27.3 Å². The topological polar surface area (TPSA) is 93.2 Å². The SMILES string of the molecule is CCN(CC)C([S-])=NN=C(C)C(=NN=C([S-])N(CC)CC)c1ccc(C(=O)O)cc1.[Cu+2]. The zero-order valence-corrected chi connectivity index (χ0v) is 20.9. The van der Waals surface area contributed by atoms with Crippen molar-refractivity contribution >= 4 is 53.0 Å².